The molecule has 1 N–H and O–H groups in total. The summed E-state index contributed by atoms with van der Waals surface area (Å²) in [7, 11) is 0. The van der Waals surface area contributed by atoms with Crippen LogP contribution in [0.3, 0.4) is 0 Å². The van der Waals surface area contributed by atoms with Crippen LogP contribution in [-0.2, 0) is 16.0 Å². The topological polar surface area (TPSA) is 49.4 Å². The Labute approximate surface area is 156 Å². The van der Waals surface area contributed by atoms with Crippen LogP contribution in [-0.4, -0.2) is 18.4 Å². The number of aryl methyl sites for hydroxylation is 1. The van der Waals surface area contributed by atoms with E-state index in [1.807, 2.05) is 24.3 Å². The van der Waals surface area contributed by atoms with Crippen molar-refractivity contribution in [1.29, 1.82) is 0 Å². The molecule has 3 rings (SSSR count). The molecule has 25 heavy (non-hydrogen) atoms. The predicted molar refractivity (Wildman–Crippen MR) is 101 cm³/mol. The van der Waals surface area contributed by atoms with Crippen molar-refractivity contribution in [3.63, 3.8) is 0 Å². The van der Waals surface area contributed by atoms with Crippen LogP contribution in [0.4, 0.5) is 11.4 Å². The highest BCUT2D eigenvalue weighted by molar-refractivity contribution is 6.42. The summed E-state index contributed by atoms with van der Waals surface area (Å²) in [6, 6.07) is 12.7. The summed E-state index contributed by atoms with van der Waals surface area (Å²) in [5.74, 6) is -0.646. The number of anilines is 2. The highest BCUT2D eigenvalue weighted by atomic mass is 35.5. The summed E-state index contributed by atoms with van der Waals surface area (Å²) in [6.45, 7) is 2.41. The molecule has 1 unspecified atom stereocenters. The van der Waals surface area contributed by atoms with Gasteiger partial charge >= 0.3 is 0 Å². The average Bonchev–Trinajstić information content (AvgIpc) is 3.00. The number of carbonyl (C=O) groups is 2. The maximum atomic E-state index is 12.5. The number of nitrogens with zero attached hydrogens (tertiary/aromatic N) is 1. The minimum Gasteiger partial charge on any atom is -0.326 e. The van der Waals surface area contributed by atoms with Gasteiger partial charge in [0.15, 0.2) is 0 Å². The van der Waals surface area contributed by atoms with Gasteiger partial charge in [-0.05, 0) is 42.3 Å². The van der Waals surface area contributed by atoms with Crippen LogP contribution in [0.25, 0.3) is 0 Å². The Bertz CT molecular complexity index is 806. The van der Waals surface area contributed by atoms with Crippen molar-refractivity contribution in [1.82, 2.24) is 0 Å². The molecule has 1 aliphatic rings. The molecule has 6 heteroatoms. The third-order valence-electron chi connectivity index (χ3n) is 4.34. The van der Waals surface area contributed by atoms with E-state index in [0.29, 0.717) is 22.3 Å². The maximum absolute atomic E-state index is 12.5. The van der Waals surface area contributed by atoms with Gasteiger partial charge in [0.05, 0.1) is 16.0 Å². The first kappa shape index (κ1) is 17.8. The van der Waals surface area contributed by atoms with Crippen molar-refractivity contribution in [3.05, 3.63) is 58.1 Å². The molecular weight excluding hydrogens is 359 g/mol. The van der Waals surface area contributed by atoms with Crippen LogP contribution < -0.4 is 10.2 Å². The summed E-state index contributed by atoms with van der Waals surface area (Å²) in [5.41, 5.74) is 2.60. The Balaban J connectivity index is 1.68. The quantitative estimate of drug-likeness (QED) is 0.850. The Morgan fingerprint density at radius 2 is 1.88 bits per heavy atom. The zero-order chi connectivity index (χ0) is 18.0. The standard InChI is InChI=1S/C19H18Cl2N2O2/c1-2-12-3-5-14(6-4-12)22-19(25)13-9-18(24)23(11-13)15-7-8-16(20)17(21)10-15/h3-8,10,13H,2,9,11H2,1H3,(H,22,25). The zero-order valence-electron chi connectivity index (χ0n) is 13.8. The van der Waals surface area contributed by atoms with Crippen molar-refractivity contribution in [2.45, 2.75) is 19.8 Å². The minimum atomic E-state index is -0.396. The lowest BCUT2D eigenvalue weighted by atomic mass is 10.1. The largest absolute Gasteiger partial charge is 0.326 e. The molecule has 0 aliphatic carbocycles. The molecule has 130 valence electrons. The van der Waals surface area contributed by atoms with E-state index < -0.39 is 5.92 Å². The first-order valence-corrected chi connectivity index (χ1v) is 8.88. The van der Waals surface area contributed by atoms with Gasteiger partial charge in [0, 0.05) is 24.3 Å². The Hall–Kier alpha value is -2.04. The SMILES string of the molecule is CCc1ccc(NC(=O)C2CC(=O)N(c3ccc(Cl)c(Cl)c3)C2)cc1. The molecule has 0 spiro atoms. The van der Waals surface area contributed by atoms with E-state index in [1.165, 1.54) is 5.56 Å². The van der Waals surface area contributed by atoms with E-state index >= 15 is 0 Å². The molecule has 1 atom stereocenters. The van der Waals surface area contributed by atoms with Crippen LogP contribution in [0.1, 0.15) is 18.9 Å². The van der Waals surface area contributed by atoms with Crippen LogP contribution in [0, 0.1) is 5.92 Å². The molecule has 0 radical (unpaired) electrons. The fraction of sp³-hybridized carbons (Fsp3) is 0.263. The van der Waals surface area contributed by atoms with Gasteiger partial charge in [-0.2, -0.15) is 0 Å². The molecule has 1 heterocycles. The molecule has 1 saturated heterocycles. The van der Waals surface area contributed by atoms with E-state index in [-0.39, 0.29) is 18.2 Å². The summed E-state index contributed by atoms with van der Waals surface area (Å²) in [4.78, 5) is 26.3. The Kier molecular flexibility index (Phi) is 5.30. The minimum absolute atomic E-state index is 0.0973. The number of nitrogens with one attached hydrogen (secondary N) is 1. The Morgan fingerprint density at radius 3 is 2.52 bits per heavy atom. The number of hydrogen-bond acceptors (Lipinski definition) is 2. The van der Waals surface area contributed by atoms with Crippen molar-refractivity contribution in [2.24, 2.45) is 5.92 Å². The molecule has 2 aromatic carbocycles. The molecule has 1 fully saturated rings. The molecule has 0 aromatic heterocycles. The smallest absolute Gasteiger partial charge is 0.229 e. The first-order chi connectivity index (χ1) is 12.0. The third-order valence-corrected chi connectivity index (χ3v) is 5.08. The fourth-order valence-electron chi connectivity index (χ4n) is 2.85. The van der Waals surface area contributed by atoms with Gasteiger partial charge in [-0.1, -0.05) is 42.3 Å². The summed E-state index contributed by atoms with van der Waals surface area (Å²) in [6.07, 6.45) is 1.13. The lowest BCUT2D eigenvalue weighted by Gasteiger charge is -2.17. The number of halogens is 2. The molecule has 4 nitrogen and oxygen atoms in total. The monoisotopic (exact) mass is 376 g/mol. The summed E-state index contributed by atoms with van der Waals surface area (Å²) >= 11 is 11.9. The third kappa shape index (κ3) is 3.97. The highest BCUT2D eigenvalue weighted by Gasteiger charge is 2.35. The second-order valence-electron chi connectivity index (χ2n) is 6.04. The predicted octanol–water partition coefficient (Wildman–Crippen LogP) is 4.55. The van der Waals surface area contributed by atoms with E-state index in [1.54, 1.807) is 23.1 Å². The molecular formula is C19H18Cl2N2O2. The van der Waals surface area contributed by atoms with Gasteiger partial charge < -0.3 is 10.2 Å². The van der Waals surface area contributed by atoms with Gasteiger partial charge in [-0.3, -0.25) is 9.59 Å². The van der Waals surface area contributed by atoms with Gasteiger partial charge in [-0.15, -0.1) is 0 Å². The number of carbonyl (C=O) groups excluding carboxylic acids is 2. The van der Waals surface area contributed by atoms with E-state index in [2.05, 4.69) is 12.2 Å². The Morgan fingerprint density at radius 1 is 1.16 bits per heavy atom. The van der Waals surface area contributed by atoms with Gasteiger partial charge in [0.2, 0.25) is 11.8 Å². The number of benzene rings is 2. The van der Waals surface area contributed by atoms with Crippen molar-refractivity contribution >= 4 is 46.4 Å². The number of rotatable bonds is 4. The second kappa shape index (κ2) is 7.46. The normalized spacial score (nSPS) is 17.0. The van der Waals surface area contributed by atoms with Crippen molar-refractivity contribution in [3.8, 4) is 0 Å². The van der Waals surface area contributed by atoms with Crippen LogP contribution >= 0.6 is 23.2 Å². The van der Waals surface area contributed by atoms with E-state index in [9.17, 15) is 9.59 Å². The number of hydrogen-bond donors (Lipinski definition) is 1. The molecule has 0 bridgehead atoms. The molecule has 0 saturated carbocycles. The maximum Gasteiger partial charge on any atom is 0.229 e. The summed E-state index contributed by atoms with van der Waals surface area (Å²) in [5, 5.41) is 3.70. The van der Waals surface area contributed by atoms with Gasteiger partial charge in [-0.25, -0.2) is 0 Å². The van der Waals surface area contributed by atoms with Crippen molar-refractivity contribution in [2.75, 3.05) is 16.8 Å². The van der Waals surface area contributed by atoms with E-state index in [0.717, 1.165) is 12.1 Å². The van der Waals surface area contributed by atoms with Crippen LogP contribution in [0.15, 0.2) is 42.5 Å². The highest BCUT2D eigenvalue weighted by Crippen LogP contribution is 2.31. The molecule has 2 amide bonds. The van der Waals surface area contributed by atoms with E-state index in [4.69, 9.17) is 23.2 Å². The van der Waals surface area contributed by atoms with Gasteiger partial charge in [0.1, 0.15) is 0 Å². The molecule has 1 aliphatic heterocycles. The number of amides is 2. The molecule has 2 aromatic rings. The lowest BCUT2D eigenvalue weighted by molar-refractivity contribution is -0.122. The fourth-order valence-corrected chi connectivity index (χ4v) is 3.15. The lowest BCUT2D eigenvalue weighted by Crippen LogP contribution is -2.28. The second-order valence-corrected chi connectivity index (χ2v) is 6.86. The first-order valence-electron chi connectivity index (χ1n) is 8.13. The van der Waals surface area contributed by atoms with Crippen LogP contribution in [0.5, 0.6) is 0 Å². The summed E-state index contributed by atoms with van der Waals surface area (Å²) < 4.78 is 0. The van der Waals surface area contributed by atoms with Crippen molar-refractivity contribution < 1.29 is 9.59 Å². The zero-order valence-corrected chi connectivity index (χ0v) is 15.3. The average molecular weight is 377 g/mol. The van der Waals surface area contributed by atoms with Crippen LogP contribution in [0.2, 0.25) is 10.0 Å². The van der Waals surface area contributed by atoms with Gasteiger partial charge in [0.25, 0.3) is 0 Å².